The van der Waals surface area contributed by atoms with Gasteiger partial charge in [0.25, 0.3) is 0 Å². The van der Waals surface area contributed by atoms with Gasteiger partial charge in [-0.25, -0.2) is 4.79 Å². The van der Waals surface area contributed by atoms with E-state index in [0.29, 0.717) is 23.7 Å². The fraction of sp³-hybridized carbons (Fsp3) is 0.318. The minimum absolute atomic E-state index is 0.121. The zero-order valence-electron chi connectivity index (χ0n) is 17.2. The fourth-order valence-corrected chi connectivity index (χ4v) is 4.38. The van der Waals surface area contributed by atoms with Crippen LogP contribution >= 0.6 is 11.3 Å². The van der Waals surface area contributed by atoms with E-state index in [1.165, 1.54) is 23.3 Å². The molecule has 4 rings (SSSR count). The maximum Gasteiger partial charge on any atom is 0.336 e. The lowest BCUT2D eigenvalue weighted by atomic mass is 9.96. The van der Waals surface area contributed by atoms with E-state index in [2.05, 4.69) is 5.32 Å². The van der Waals surface area contributed by atoms with Crippen LogP contribution in [-0.4, -0.2) is 36.6 Å². The predicted molar refractivity (Wildman–Crippen MR) is 112 cm³/mol. The van der Waals surface area contributed by atoms with E-state index < -0.39 is 11.9 Å². The van der Waals surface area contributed by atoms with Crippen LogP contribution in [0.25, 0.3) is 0 Å². The standard InChI is InChI=1S/C22H22N2O6S/c1-13-20(22(27)28-2)16(9-19(25)23-10-15-4-3-7-31-15)21(26)24(13)11-14-5-6-17-18(8-14)30-12-29-17/h3-8,16H,9-12H2,1-2H3,(H,23,25). The minimum atomic E-state index is -0.884. The molecular weight excluding hydrogens is 420 g/mol. The van der Waals surface area contributed by atoms with Crippen LogP contribution in [0.15, 0.2) is 47.0 Å². The number of esters is 1. The van der Waals surface area contributed by atoms with Gasteiger partial charge in [-0.2, -0.15) is 0 Å². The molecule has 3 heterocycles. The molecule has 0 fully saturated rings. The average molecular weight is 442 g/mol. The van der Waals surface area contributed by atoms with Crippen molar-refractivity contribution in [3.63, 3.8) is 0 Å². The number of allylic oxidation sites excluding steroid dienone is 1. The molecule has 1 aromatic carbocycles. The Labute approximate surface area is 183 Å². The Morgan fingerprint density at radius 3 is 2.81 bits per heavy atom. The number of methoxy groups -OCH3 is 1. The molecule has 0 bridgehead atoms. The lowest BCUT2D eigenvalue weighted by Crippen LogP contribution is -2.32. The van der Waals surface area contributed by atoms with Crippen LogP contribution in [0.4, 0.5) is 0 Å². The van der Waals surface area contributed by atoms with Crippen LogP contribution in [0.5, 0.6) is 11.5 Å². The van der Waals surface area contributed by atoms with Crippen molar-refractivity contribution < 1.29 is 28.6 Å². The third kappa shape index (κ3) is 4.27. The van der Waals surface area contributed by atoms with E-state index in [0.717, 1.165) is 10.4 Å². The third-order valence-corrected chi connectivity index (χ3v) is 6.20. The largest absolute Gasteiger partial charge is 0.466 e. The number of hydrogen-bond donors (Lipinski definition) is 1. The van der Waals surface area contributed by atoms with E-state index in [-0.39, 0.29) is 37.1 Å². The van der Waals surface area contributed by atoms with Crippen molar-refractivity contribution >= 4 is 29.1 Å². The summed E-state index contributed by atoms with van der Waals surface area (Å²) in [7, 11) is 1.27. The van der Waals surface area contributed by atoms with Crippen molar-refractivity contribution in [3.8, 4) is 11.5 Å². The van der Waals surface area contributed by atoms with Crippen LogP contribution in [0, 0.1) is 5.92 Å². The van der Waals surface area contributed by atoms with E-state index >= 15 is 0 Å². The van der Waals surface area contributed by atoms with Crippen molar-refractivity contribution in [2.45, 2.75) is 26.4 Å². The second-order valence-corrected chi connectivity index (χ2v) is 8.25. The Balaban J connectivity index is 1.51. The summed E-state index contributed by atoms with van der Waals surface area (Å²) in [5.74, 6) is -0.824. The summed E-state index contributed by atoms with van der Waals surface area (Å²) in [5.41, 5.74) is 1.54. The minimum Gasteiger partial charge on any atom is -0.466 e. The Morgan fingerprint density at radius 1 is 1.26 bits per heavy atom. The summed E-state index contributed by atoms with van der Waals surface area (Å²) >= 11 is 1.54. The molecule has 0 saturated carbocycles. The number of fused-ring (bicyclic) bond motifs is 1. The average Bonchev–Trinajstić information content (AvgIpc) is 3.49. The number of thiophene rings is 1. The number of nitrogens with one attached hydrogen (secondary N) is 1. The smallest absolute Gasteiger partial charge is 0.336 e. The normalized spacial score (nSPS) is 17.3. The summed E-state index contributed by atoms with van der Waals surface area (Å²) in [6, 6.07) is 9.26. The highest BCUT2D eigenvalue weighted by atomic mass is 32.1. The number of carbonyl (C=O) groups is 3. The number of ether oxygens (including phenoxy) is 3. The Morgan fingerprint density at radius 2 is 2.06 bits per heavy atom. The second-order valence-electron chi connectivity index (χ2n) is 7.22. The number of hydrogen-bond acceptors (Lipinski definition) is 7. The third-order valence-electron chi connectivity index (χ3n) is 5.32. The van der Waals surface area contributed by atoms with Gasteiger partial charge in [0.1, 0.15) is 0 Å². The van der Waals surface area contributed by atoms with Gasteiger partial charge in [0.15, 0.2) is 11.5 Å². The zero-order chi connectivity index (χ0) is 22.0. The van der Waals surface area contributed by atoms with Crippen molar-refractivity contribution in [2.75, 3.05) is 13.9 Å². The van der Waals surface area contributed by atoms with Crippen LogP contribution < -0.4 is 14.8 Å². The molecular formula is C22H22N2O6S. The summed E-state index contributed by atoms with van der Waals surface area (Å²) in [6.45, 7) is 2.49. The second kappa shape index (κ2) is 8.81. The van der Waals surface area contributed by atoms with E-state index in [1.807, 2.05) is 29.6 Å². The molecule has 2 amide bonds. The zero-order valence-corrected chi connectivity index (χ0v) is 18.0. The Hall–Kier alpha value is -3.33. The number of rotatable bonds is 7. The first-order valence-corrected chi connectivity index (χ1v) is 10.6. The van der Waals surface area contributed by atoms with Crippen LogP contribution in [0.3, 0.4) is 0 Å². The first-order chi connectivity index (χ1) is 15.0. The van der Waals surface area contributed by atoms with Gasteiger partial charge >= 0.3 is 5.97 Å². The molecule has 2 aromatic rings. The summed E-state index contributed by atoms with van der Waals surface area (Å²) in [6.07, 6.45) is -0.121. The highest BCUT2D eigenvalue weighted by Crippen LogP contribution is 2.36. The molecule has 0 radical (unpaired) electrons. The van der Waals surface area contributed by atoms with Gasteiger partial charge in [-0.15, -0.1) is 11.3 Å². The molecule has 1 aromatic heterocycles. The molecule has 1 N–H and O–H groups in total. The van der Waals surface area contributed by atoms with Crippen LogP contribution in [0.2, 0.25) is 0 Å². The monoisotopic (exact) mass is 442 g/mol. The highest BCUT2D eigenvalue weighted by molar-refractivity contribution is 7.09. The van der Waals surface area contributed by atoms with Gasteiger partial charge in [-0.05, 0) is 36.1 Å². The Kier molecular flexibility index (Phi) is 5.94. The number of amides is 2. The molecule has 1 atom stereocenters. The summed E-state index contributed by atoms with van der Waals surface area (Å²) < 4.78 is 15.6. The fourth-order valence-electron chi connectivity index (χ4n) is 3.74. The number of carbonyl (C=O) groups excluding carboxylic acids is 3. The van der Waals surface area contributed by atoms with E-state index in [4.69, 9.17) is 14.2 Å². The Bertz CT molecular complexity index is 1050. The molecule has 1 unspecified atom stereocenters. The number of benzene rings is 1. The van der Waals surface area contributed by atoms with Gasteiger partial charge in [0.2, 0.25) is 18.6 Å². The van der Waals surface area contributed by atoms with Crippen molar-refractivity contribution in [3.05, 3.63) is 57.4 Å². The topological polar surface area (TPSA) is 94.2 Å². The predicted octanol–water partition coefficient (Wildman–Crippen LogP) is 2.59. The van der Waals surface area contributed by atoms with Gasteiger partial charge in [-0.1, -0.05) is 12.1 Å². The molecule has 2 aliphatic rings. The van der Waals surface area contributed by atoms with Crippen molar-refractivity contribution in [1.29, 1.82) is 0 Å². The summed E-state index contributed by atoms with van der Waals surface area (Å²) in [5, 5.41) is 4.74. The number of nitrogens with zero attached hydrogens (tertiary/aromatic N) is 1. The molecule has 0 aliphatic carbocycles. The lowest BCUT2D eigenvalue weighted by molar-refractivity contribution is -0.139. The quantitative estimate of drug-likeness (QED) is 0.663. The molecule has 8 nitrogen and oxygen atoms in total. The first-order valence-electron chi connectivity index (χ1n) is 9.76. The maximum atomic E-state index is 13.2. The first kappa shape index (κ1) is 20.9. The van der Waals surface area contributed by atoms with Crippen LogP contribution in [-0.2, 0) is 32.2 Å². The van der Waals surface area contributed by atoms with E-state index in [9.17, 15) is 14.4 Å². The van der Waals surface area contributed by atoms with E-state index in [1.54, 1.807) is 13.0 Å². The molecule has 9 heteroatoms. The molecule has 0 saturated heterocycles. The van der Waals surface area contributed by atoms with Gasteiger partial charge in [-0.3, -0.25) is 9.59 Å². The van der Waals surface area contributed by atoms with Crippen molar-refractivity contribution in [1.82, 2.24) is 10.2 Å². The SMILES string of the molecule is COC(=O)C1=C(C)N(Cc2ccc3c(c2)OCO3)C(=O)C1CC(=O)NCc1cccs1. The molecule has 0 spiro atoms. The summed E-state index contributed by atoms with van der Waals surface area (Å²) in [4.78, 5) is 40.7. The van der Waals surface area contributed by atoms with Crippen molar-refractivity contribution in [2.24, 2.45) is 5.92 Å². The highest BCUT2D eigenvalue weighted by Gasteiger charge is 2.42. The van der Waals surface area contributed by atoms with Crippen LogP contribution in [0.1, 0.15) is 23.8 Å². The van der Waals surface area contributed by atoms with Gasteiger partial charge in [0.05, 0.1) is 31.7 Å². The maximum absolute atomic E-state index is 13.2. The van der Waals surface area contributed by atoms with Gasteiger partial charge < -0.3 is 24.4 Å². The molecule has 162 valence electrons. The molecule has 31 heavy (non-hydrogen) atoms. The lowest BCUT2D eigenvalue weighted by Gasteiger charge is -2.19. The van der Waals surface area contributed by atoms with Gasteiger partial charge in [0, 0.05) is 17.0 Å². The molecule has 2 aliphatic heterocycles.